The molecule has 3 heteroatoms. The molecule has 0 aliphatic heterocycles. The standard InChI is InChI=1S/C23H37BrO2/c1-15-8-11-23(14-26-3)16(12-15)4-5-17-18-6-7-20(21(25)13-24)22(18,2)10-9-19(17)23/h15-20H,4-14H2,1-3H3/t15?,16?,17?,18?,19?,20-,22?,23?/m1/s1. The van der Waals surface area contributed by atoms with Crippen LogP contribution in [-0.4, -0.2) is 24.8 Å². The summed E-state index contributed by atoms with van der Waals surface area (Å²) in [5.41, 5.74) is 0.693. The van der Waals surface area contributed by atoms with Crippen molar-refractivity contribution < 1.29 is 9.53 Å². The molecule has 0 aromatic carbocycles. The van der Waals surface area contributed by atoms with Gasteiger partial charge in [0, 0.05) is 13.0 Å². The Bertz CT molecular complexity index is 548. The van der Waals surface area contributed by atoms with Crippen molar-refractivity contribution in [1.29, 1.82) is 0 Å². The highest BCUT2D eigenvalue weighted by Gasteiger charge is 2.62. The molecule has 4 aliphatic carbocycles. The minimum Gasteiger partial charge on any atom is -0.384 e. The number of ketones is 1. The van der Waals surface area contributed by atoms with Gasteiger partial charge in [-0.3, -0.25) is 4.79 Å². The lowest BCUT2D eigenvalue weighted by Crippen LogP contribution is -2.56. The fraction of sp³-hybridized carbons (Fsp3) is 0.957. The Kier molecular flexibility index (Phi) is 5.36. The van der Waals surface area contributed by atoms with Gasteiger partial charge < -0.3 is 4.74 Å². The van der Waals surface area contributed by atoms with Crippen molar-refractivity contribution >= 4 is 21.7 Å². The number of hydrogen-bond donors (Lipinski definition) is 0. The molecule has 4 fully saturated rings. The summed E-state index contributed by atoms with van der Waals surface area (Å²) >= 11 is 3.45. The van der Waals surface area contributed by atoms with Gasteiger partial charge in [-0.15, -0.1) is 0 Å². The first-order chi connectivity index (χ1) is 12.5. The number of carbonyl (C=O) groups excluding carboxylic acids is 1. The average molecular weight is 425 g/mol. The van der Waals surface area contributed by atoms with E-state index in [1.807, 2.05) is 7.11 Å². The van der Waals surface area contributed by atoms with Crippen LogP contribution in [0.15, 0.2) is 0 Å². The van der Waals surface area contributed by atoms with Crippen molar-refractivity contribution in [2.75, 3.05) is 19.0 Å². The number of ether oxygens (including phenoxy) is 1. The van der Waals surface area contributed by atoms with Crippen LogP contribution in [0.2, 0.25) is 0 Å². The van der Waals surface area contributed by atoms with Gasteiger partial charge in [0.2, 0.25) is 0 Å². The zero-order valence-corrected chi connectivity index (χ0v) is 18.5. The Morgan fingerprint density at radius 2 is 1.88 bits per heavy atom. The molecule has 8 atom stereocenters. The summed E-state index contributed by atoms with van der Waals surface area (Å²) in [5.74, 6) is 4.96. The van der Waals surface area contributed by atoms with E-state index in [4.69, 9.17) is 4.74 Å². The highest BCUT2D eigenvalue weighted by molar-refractivity contribution is 9.09. The van der Waals surface area contributed by atoms with Crippen LogP contribution in [0.4, 0.5) is 0 Å². The molecule has 4 rings (SSSR count). The van der Waals surface area contributed by atoms with Crippen molar-refractivity contribution in [1.82, 2.24) is 0 Å². The zero-order chi connectivity index (χ0) is 18.5. The second-order valence-corrected chi connectivity index (χ2v) is 11.0. The Morgan fingerprint density at radius 3 is 2.62 bits per heavy atom. The van der Waals surface area contributed by atoms with Crippen LogP contribution < -0.4 is 0 Å². The largest absolute Gasteiger partial charge is 0.384 e. The van der Waals surface area contributed by atoms with Gasteiger partial charge in [-0.25, -0.2) is 0 Å². The summed E-state index contributed by atoms with van der Waals surface area (Å²) in [5, 5.41) is 0.543. The Balaban J connectivity index is 1.63. The van der Waals surface area contributed by atoms with Crippen molar-refractivity contribution in [3.8, 4) is 0 Å². The number of carbonyl (C=O) groups is 1. The number of Topliss-reactive ketones (excluding diaryl/α,β-unsaturated/α-hetero) is 1. The third kappa shape index (κ3) is 2.78. The van der Waals surface area contributed by atoms with Crippen LogP contribution in [0.1, 0.15) is 71.6 Å². The molecule has 4 saturated carbocycles. The summed E-state index contributed by atoms with van der Waals surface area (Å²) in [4.78, 5) is 12.6. The predicted octanol–water partition coefficient (Wildman–Crippen LogP) is 5.87. The highest BCUT2D eigenvalue weighted by Crippen LogP contribution is 2.68. The van der Waals surface area contributed by atoms with Crippen LogP contribution in [0.5, 0.6) is 0 Å². The molecule has 0 radical (unpaired) electrons. The van der Waals surface area contributed by atoms with Crippen LogP contribution in [0.25, 0.3) is 0 Å². The monoisotopic (exact) mass is 424 g/mol. The van der Waals surface area contributed by atoms with E-state index in [2.05, 4.69) is 29.8 Å². The first-order valence-corrected chi connectivity index (χ1v) is 12.2. The SMILES string of the molecule is COCC12CCC(C)CC1CCC1C2CCC2(C)C1CC[C@@H]2C(=O)CBr. The summed E-state index contributed by atoms with van der Waals surface area (Å²) in [7, 11) is 1.92. The van der Waals surface area contributed by atoms with Crippen molar-refractivity contribution in [2.24, 2.45) is 46.3 Å². The fourth-order valence-electron chi connectivity index (χ4n) is 8.44. The second-order valence-electron chi connectivity index (χ2n) is 10.5. The summed E-state index contributed by atoms with van der Waals surface area (Å²) < 4.78 is 5.88. The maximum Gasteiger partial charge on any atom is 0.147 e. The molecular weight excluding hydrogens is 388 g/mol. The number of alkyl halides is 1. The minimum atomic E-state index is 0.259. The summed E-state index contributed by atoms with van der Waals surface area (Å²) in [6.07, 6.45) is 12.0. The van der Waals surface area contributed by atoms with Gasteiger partial charge in [-0.2, -0.15) is 0 Å². The molecule has 0 heterocycles. The lowest BCUT2D eigenvalue weighted by atomic mass is 9.44. The van der Waals surface area contributed by atoms with Crippen LogP contribution in [0.3, 0.4) is 0 Å². The third-order valence-electron chi connectivity index (χ3n) is 9.56. The maximum atomic E-state index is 12.6. The van der Waals surface area contributed by atoms with E-state index in [-0.39, 0.29) is 5.41 Å². The topological polar surface area (TPSA) is 26.3 Å². The summed E-state index contributed by atoms with van der Waals surface area (Å²) in [6.45, 7) is 5.89. The van der Waals surface area contributed by atoms with E-state index < -0.39 is 0 Å². The smallest absolute Gasteiger partial charge is 0.147 e. The first kappa shape index (κ1) is 19.4. The lowest BCUT2D eigenvalue weighted by Gasteiger charge is -2.61. The van der Waals surface area contributed by atoms with Gasteiger partial charge in [0.15, 0.2) is 0 Å². The van der Waals surface area contributed by atoms with Crippen molar-refractivity contribution in [3.63, 3.8) is 0 Å². The van der Waals surface area contributed by atoms with Crippen molar-refractivity contribution in [3.05, 3.63) is 0 Å². The maximum absolute atomic E-state index is 12.6. The lowest BCUT2D eigenvalue weighted by molar-refractivity contribution is -0.153. The normalized spacial score (nSPS) is 50.6. The van der Waals surface area contributed by atoms with Gasteiger partial charge in [-0.1, -0.05) is 36.2 Å². The number of methoxy groups -OCH3 is 1. The number of fused-ring (bicyclic) bond motifs is 5. The molecule has 7 unspecified atom stereocenters. The highest BCUT2D eigenvalue weighted by atomic mass is 79.9. The molecule has 0 saturated heterocycles. The third-order valence-corrected chi connectivity index (χ3v) is 10.1. The Hall–Kier alpha value is 0.110. The first-order valence-electron chi connectivity index (χ1n) is 11.0. The fourth-order valence-corrected chi connectivity index (χ4v) is 8.83. The van der Waals surface area contributed by atoms with E-state index in [1.165, 1.54) is 51.4 Å². The minimum absolute atomic E-state index is 0.259. The Labute approximate surface area is 168 Å². The Morgan fingerprint density at radius 1 is 1.08 bits per heavy atom. The van der Waals surface area contributed by atoms with Gasteiger partial charge in [0.25, 0.3) is 0 Å². The molecule has 0 aromatic rings. The molecule has 148 valence electrons. The molecule has 0 amide bonds. The number of hydrogen-bond acceptors (Lipinski definition) is 2. The van der Waals surface area contributed by atoms with E-state index in [1.54, 1.807) is 0 Å². The van der Waals surface area contributed by atoms with Crippen LogP contribution in [0, 0.1) is 46.3 Å². The molecule has 0 aromatic heterocycles. The van der Waals surface area contributed by atoms with Gasteiger partial charge in [-0.05, 0) is 91.8 Å². The quantitative estimate of drug-likeness (QED) is 0.527. The second kappa shape index (κ2) is 7.17. The number of halogens is 1. The molecular formula is C23H37BrO2. The molecule has 2 nitrogen and oxygen atoms in total. The number of rotatable bonds is 4. The zero-order valence-electron chi connectivity index (χ0n) is 16.9. The molecule has 0 N–H and O–H groups in total. The van der Waals surface area contributed by atoms with E-state index in [0.717, 1.165) is 42.6 Å². The van der Waals surface area contributed by atoms with Gasteiger partial charge >= 0.3 is 0 Å². The van der Waals surface area contributed by atoms with E-state index in [9.17, 15) is 4.79 Å². The average Bonchev–Trinajstić information content (AvgIpc) is 2.99. The van der Waals surface area contributed by atoms with E-state index in [0.29, 0.717) is 22.4 Å². The van der Waals surface area contributed by atoms with Gasteiger partial charge in [0.1, 0.15) is 5.78 Å². The molecule has 0 bridgehead atoms. The van der Waals surface area contributed by atoms with E-state index >= 15 is 0 Å². The van der Waals surface area contributed by atoms with Crippen LogP contribution in [-0.2, 0) is 9.53 Å². The van der Waals surface area contributed by atoms with Crippen LogP contribution >= 0.6 is 15.9 Å². The predicted molar refractivity (Wildman–Crippen MR) is 109 cm³/mol. The molecule has 4 aliphatic rings. The van der Waals surface area contributed by atoms with Gasteiger partial charge in [0.05, 0.1) is 11.9 Å². The molecule has 26 heavy (non-hydrogen) atoms. The summed E-state index contributed by atoms with van der Waals surface area (Å²) in [6, 6.07) is 0. The van der Waals surface area contributed by atoms with Crippen molar-refractivity contribution in [2.45, 2.75) is 71.6 Å². The molecule has 0 spiro atoms.